The van der Waals surface area contributed by atoms with E-state index in [1.807, 2.05) is 38.1 Å². The molecule has 0 aromatic heterocycles. The second kappa shape index (κ2) is 6.71. The van der Waals surface area contributed by atoms with Gasteiger partial charge in [0.2, 0.25) is 0 Å². The van der Waals surface area contributed by atoms with Gasteiger partial charge in [0.05, 0.1) is 19.0 Å². The molecule has 2 aromatic carbocycles. The van der Waals surface area contributed by atoms with Gasteiger partial charge in [-0.1, -0.05) is 39.7 Å². The maximum atomic E-state index is 6.37. The molecule has 1 atom stereocenters. The second-order valence-corrected chi connectivity index (χ2v) is 6.27. The van der Waals surface area contributed by atoms with Crippen LogP contribution in [0.2, 0.25) is 5.02 Å². The molecule has 112 valence electrons. The molecule has 2 nitrogen and oxygen atoms in total. The Morgan fingerprint density at radius 1 is 0.952 bits per heavy atom. The van der Waals surface area contributed by atoms with Crippen molar-refractivity contribution in [2.75, 3.05) is 14.2 Å². The van der Waals surface area contributed by atoms with E-state index in [1.54, 1.807) is 14.2 Å². The predicted molar refractivity (Wildman–Crippen MR) is 91.2 cm³/mol. The minimum Gasteiger partial charge on any atom is -0.493 e. The first-order valence-electron chi connectivity index (χ1n) is 6.60. The first kappa shape index (κ1) is 16.2. The van der Waals surface area contributed by atoms with Crippen molar-refractivity contribution in [2.24, 2.45) is 0 Å². The average Bonchev–Trinajstić information content (AvgIpc) is 2.46. The van der Waals surface area contributed by atoms with Crippen LogP contribution >= 0.6 is 27.5 Å². The molecule has 4 heteroatoms. The molecule has 0 N–H and O–H groups in total. The van der Waals surface area contributed by atoms with Crippen LogP contribution in [0.5, 0.6) is 11.5 Å². The number of benzene rings is 2. The number of methoxy groups -OCH3 is 2. The fourth-order valence-electron chi connectivity index (χ4n) is 2.27. The van der Waals surface area contributed by atoms with Crippen LogP contribution in [-0.4, -0.2) is 14.2 Å². The Kier molecular flexibility index (Phi) is 5.17. The molecule has 0 aliphatic rings. The first-order valence-corrected chi connectivity index (χ1v) is 7.90. The third-order valence-electron chi connectivity index (χ3n) is 3.47. The summed E-state index contributed by atoms with van der Waals surface area (Å²) in [6.45, 7) is 4.08. The number of alkyl halides is 1. The van der Waals surface area contributed by atoms with Crippen molar-refractivity contribution in [3.63, 3.8) is 0 Å². The molecule has 0 bridgehead atoms. The summed E-state index contributed by atoms with van der Waals surface area (Å²) in [6.07, 6.45) is 0. The number of hydrogen-bond acceptors (Lipinski definition) is 2. The Labute approximate surface area is 139 Å². The van der Waals surface area contributed by atoms with Gasteiger partial charge in [-0.3, -0.25) is 0 Å². The van der Waals surface area contributed by atoms with E-state index in [4.69, 9.17) is 21.1 Å². The van der Waals surface area contributed by atoms with E-state index in [-0.39, 0.29) is 4.83 Å². The van der Waals surface area contributed by atoms with E-state index in [1.165, 1.54) is 0 Å². The molecule has 0 aliphatic heterocycles. The molecule has 0 saturated heterocycles. The molecule has 0 fully saturated rings. The van der Waals surface area contributed by atoms with Gasteiger partial charge in [-0.2, -0.15) is 0 Å². The quantitative estimate of drug-likeness (QED) is 0.666. The van der Waals surface area contributed by atoms with Gasteiger partial charge >= 0.3 is 0 Å². The number of hydrogen-bond donors (Lipinski definition) is 0. The number of halogens is 2. The molecule has 0 radical (unpaired) electrons. The zero-order valence-electron chi connectivity index (χ0n) is 12.5. The zero-order valence-corrected chi connectivity index (χ0v) is 14.9. The minimum atomic E-state index is 0.00501. The summed E-state index contributed by atoms with van der Waals surface area (Å²) in [4.78, 5) is 0.00501. The molecule has 0 amide bonds. The molecule has 0 spiro atoms. The normalized spacial score (nSPS) is 12.1. The van der Waals surface area contributed by atoms with Gasteiger partial charge in [-0.15, -0.1) is 0 Å². The van der Waals surface area contributed by atoms with Crippen molar-refractivity contribution in [1.29, 1.82) is 0 Å². The molecule has 2 rings (SSSR count). The lowest BCUT2D eigenvalue weighted by Crippen LogP contribution is -2.00. The molecule has 21 heavy (non-hydrogen) atoms. The fourth-order valence-corrected chi connectivity index (χ4v) is 3.64. The Balaban J connectivity index is 2.50. The SMILES string of the molecule is COc1cc(C)c(C(Br)c2ccc(C)cc2Cl)cc1OC. The largest absolute Gasteiger partial charge is 0.493 e. The zero-order chi connectivity index (χ0) is 15.6. The van der Waals surface area contributed by atoms with Crippen LogP contribution < -0.4 is 9.47 Å². The third-order valence-corrected chi connectivity index (χ3v) is 4.79. The third kappa shape index (κ3) is 3.35. The molecule has 2 aromatic rings. The average molecular weight is 370 g/mol. The number of rotatable bonds is 4. The van der Waals surface area contributed by atoms with E-state index in [9.17, 15) is 0 Å². The topological polar surface area (TPSA) is 18.5 Å². The van der Waals surface area contributed by atoms with E-state index in [0.717, 1.165) is 33.0 Å². The molecular weight excluding hydrogens is 352 g/mol. The van der Waals surface area contributed by atoms with Gasteiger partial charge in [-0.25, -0.2) is 0 Å². The first-order chi connectivity index (χ1) is 9.97. The van der Waals surface area contributed by atoms with Crippen LogP contribution in [0.25, 0.3) is 0 Å². The van der Waals surface area contributed by atoms with Gasteiger partial charge in [0.15, 0.2) is 11.5 Å². The Morgan fingerprint density at radius 2 is 1.57 bits per heavy atom. The Morgan fingerprint density at radius 3 is 2.14 bits per heavy atom. The van der Waals surface area contributed by atoms with E-state index in [2.05, 4.69) is 22.0 Å². The van der Waals surface area contributed by atoms with Crippen LogP contribution in [0, 0.1) is 13.8 Å². The monoisotopic (exact) mass is 368 g/mol. The summed E-state index contributed by atoms with van der Waals surface area (Å²) >= 11 is 10.1. The van der Waals surface area contributed by atoms with Gasteiger partial charge in [-0.05, 0) is 54.3 Å². The summed E-state index contributed by atoms with van der Waals surface area (Å²) in [5.74, 6) is 1.44. The van der Waals surface area contributed by atoms with Crippen molar-refractivity contribution in [1.82, 2.24) is 0 Å². The van der Waals surface area contributed by atoms with Crippen molar-refractivity contribution in [3.05, 3.63) is 57.6 Å². The summed E-state index contributed by atoms with van der Waals surface area (Å²) in [5.41, 5.74) is 4.41. The number of aryl methyl sites for hydroxylation is 2. The predicted octanol–water partition coefficient (Wildman–Crippen LogP) is 5.46. The smallest absolute Gasteiger partial charge is 0.161 e. The standard InChI is InChI=1S/C17H18BrClO2/c1-10-5-6-12(14(19)7-10)17(18)13-9-16(21-4)15(20-3)8-11(13)2/h5-9,17H,1-4H3. The molecule has 0 saturated carbocycles. The molecule has 0 aliphatic carbocycles. The van der Waals surface area contributed by atoms with E-state index < -0.39 is 0 Å². The summed E-state index contributed by atoms with van der Waals surface area (Å²) < 4.78 is 10.7. The summed E-state index contributed by atoms with van der Waals surface area (Å²) in [7, 11) is 3.28. The summed E-state index contributed by atoms with van der Waals surface area (Å²) in [6, 6.07) is 10.0. The van der Waals surface area contributed by atoms with Gasteiger partial charge in [0.25, 0.3) is 0 Å². The highest BCUT2D eigenvalue weighted by molar-refractivity contribution is 9.09. The maximum absolute atomic E-state index is 6.37. The van der Waals surface area contributed by atoms with Crippen LogP contribution in [0.15, 0.2) is 30.3 Å². The second-order valence-electron chi connectivity index (χ2n) is 4.95. The molecule has 1 unspecified atom stereocenters. The number of ether oxygens (including phenoxy) is 2. The van der Waals surface area contributed by atoms with Crippen molar-refractivity contribution in [3.8, 4) is 11.5 Å². The highest BCUT2D eigenvalue weighted by Gasteiger charge is 2.18. The highest BCUT2D eigenvalue weighted by atomic mass is 79.9. The van der Waals surface area contributed by atoms with E-state index in [0.29, 0.717) is 5.75 Å². The van der Waals surface area contributed by atoms with Crippen molar-refractivity contribution < 1.29 is 9.47 Å². The Hall–Kier alpha value is -1.19. The van der Waals surface area contributed by atoms with Gasteiger partial charge in [0.1, 0.15) is 0 Å². The lowest BCUT2D eigenvalue weighted by molar-refractivity contribution is 0.354. The van der Waals surface area contributed by atoms with Gasteiger partial charge in [0, 0.05) is 5.02 Å². The molecular formula is C17H18BrClO2. The fraction of sp³-hybridized carbons (Fsp3) is 0.294. The highest BCUT2D eigenvalue weighted by Crippen LogP contribution is 2.41. The minimum absolute atomic E-state index is 0.00501. The van der Waals surface area contributed by atoms with Crippen molar-refractivity contribution in [2.45, 2.75) is 18.7 Å². The van der Waals surface area contributed by atoms with Crippen molar-refractivity contribution >= 4 is 27.5 Å². The Bertz CT molecular complexity index is 655. The molecule has 0 heterocycles. The lowest BCUT2D eigenvalue weighted by Gasteiger charge is -2.18. The maximum Gasteiger partial charge on any atom is 0.161 e. The summed E-state index contributed by atoms with van der Waals surface area (Å²) in [5, 5.41) is 0.756. The van der Waals surface area contributed by atoms with Gasteiger partial charge < -0.3 is 9.47 Å². The lowest BCUT2D eigenvalue weighted by atomic mass is 9.99. The van der Waals surface area contributed by atoms with Crippen LogP contribution in [0.3, 0.4) is 0 Å². The van der Waals surface area contributed by atoms with Crippen LogP contribution in [-0.2, 0) is 0 Å². The van der Waals surface area contributed by atoms with Crippen LogP contribution in [0.1, 0.15) is 27.1 Å². The van der Waals surface area contributed by atoms with E-state index >= 15 is 0 Å². The van der Waals surface area contributed by atoms with Crippen LogP contribution in [0.4, 0.5) is 0 Å².